The molecule has 1 rings (SSSR count). The second-order valence-electron chi connectivity index (χ2n) is 3.02. The van der Waals surface area contributed by atoms with Gasteiger partial charge in [0.05, 0.1) is 5.69 Å². The third-order valence-corrected chi connectivity index (χ3v) is 1.45. The molecule has 0 aromatic carbocycles. The molecule has 0 saturated heterocycles. The zero-order chi connectivity index (χ0) is 8.97. The predicted molar refractivity (Wildman–Crippen MR) is 48.3 cm³/mol. The lowest BCUT2D eigenvalue weighted by Crippen LogP contribution is -2.20. The van der Waals surface area contributed by atoms with E-state index in [1.165, 1.54) is 0 Å². The van der Waals surface area contributed by atoms with Gasteiger partial charge in [-0.05, 0) is 21.0 Å². The summed E-state index contributed by atoms with van der Waals surface area (Å²) in [5.74, 6) is 0. The third kappa shape index (κ3) is 2.92. The Morgan fingerprint density at radius 2 is 2.33 bits per heavy atom. The molecule has 0 spiro atoms. The number of nitrogens with zero attached hydrogens (tertiary/aromatic N) is 2. The number of anilines is 1. The molecule has 0 radical (unpaired) electrons. The highest BCUT2D eigenvalue weighted by atomic mass is 16.4. The summed E-state index contributed by atoms with van der Waals surface area (Å²) in [5, 5.41) is 3.08. The van der Waals surface area contributed by atoms with Crippen molar-refractivity contribution in [1.82, 2.24) is 9.88 Å². The zero-order valence-corrected chi connectivity index (χ0v) is 7.79. The number of oxazole rings is 1. The highest BCUT2D eigenvalue weighted by Gasteiger charge is 1.97. The van der Waals surface area contributed by atoms with Gasteiger partial charge in [-0.15, -0.1) is 0 Å². The summed E-state index contributed by atoms with van der Waals surface area (Å²) in [6.07, 6.45) is 1.64. The number of likely N-dealkylation sites (N-methyl/N-ethyl adjacent to an activating group) is 1. The van der Waals surface area contributed by atoms with E-state index in [0.717, 1.165) is 18.8 Å². The molecule has 0 saturated carbocycles. The van der Waals surface area contributed by atoms with Crippen LogP contribution in [0.25, 0.3) is 0 Å². The number of rotatable bonds is 4. The van der Waals surface area contributed by atoms with Gasteiger partial charge >= 0.3 is 0 Å². The van der Waals surface area contributed by atoms with Gasteiger partial charge in [0.15, 0.2) is 0 Å². The van der Waals surface area contributed by atoms with Crippen molar-refractivity contribution >= 4 is 6.01 Å². The highest BCUT2D eigenvalue weighted by molar-refractivity contribution is 5.20. The Balaban J connectivity index is 2.24. The van der Waals surface area contributed by atoms with Crippen LogP contribution in [0.4, 0.5) is 6.01 Å². The average molecular weight is 169 g/mol. The average Bonchev–Trinajstić information content (AvgIpc) is 2.35. The van der Waals surface area contributed by atoms with E-state index < -0.39 is 0 Å². The molecule has 0 aliphatic heterocycles. The Morgan fingerprint density at radius 1 is 1.58 bits per heavy atom. The lowest BCUT2D eigenvalue weighted by molar-refractivity contribution is 0.422. The fourth-order valence-electron chi connectivity index (χ4n) is 0.822. The molecular formula is C8H15N3O. The van der Waals surface area contributed by atoms with E-state index in [1.807, 2.05) is 21.0 Å². The molecule has 0 atom stereocenters. The van der Waals surface area contributed by atoms with Crippen molar-refractivity contribution in [2.24, 2.45) is 0 Å². The van der Waals surface area contributed by atoms with Crippen molar-refractivity contribution < 1.29 is 4.42 Å². The molecule has 0 unspecified atom stereocenters. The van der Waals surface area contributed by atoms with E-state index in [-0.39, 0.29) is 0 Å². The molecule has 4 nitrogen and oxygen atoms in total. The maximum Gasteiger partial charge on any atom is 0.294 e. The predicted octanol–water partition coefficient (Wildman–Crippen LogP) is 0.957. The highest BCUT2D eigenvalue weighted by Crippen LogP contribution is 2.04. The summed E-state index contributed by atoms with van der Waals surface area (Å²) in [5.41, 5.74) is 0.905. The second kappa shape index (κ2) is 4.11. The molecule has 0 aliphatic rings. The number of nitrogens with one attached hydrogen (secondary N) is 1. The summed E-state index contributed by atoms with van der Waals surface area (Å²) in [6.45, 7) is 3.73. The normalized spacial score (nSPS) is 10.7. The van der Waals surface area contributed by atoms with Gasteiger partial charge in [0, 0.05) is 13.1 Å². The maximum absolute atomic E-state index is 5.11. The van der Waals surface area contributed by atoms with Crippen molar-refractivity contribution in [2.45, 2.75) is 6.92 Å². The minimum atomic E-state index is 0.606. The van der Waals surface area contributed by atoms with Crippen LogP contribution in [0.2, 0.25) is 0 Å². The first-order chi connectivity index (χ1) is 5.68. The monoisotopic (exact) mass is 169 g/mol. The molecule has 68 valence electrons. The number of aromatic nitrogens is 1. The molecule has 1 N–H and O–H groups in total. The van der Waals surface area contributed by atoms with Gasteiger partial charge in [0.2, 0.25) is 0 Å². The lowest BCUT2D eigenvalue weighted by Gasteiger charge is -2.08. The molecule has 0 amide bonds. The lowest BCUT2D eigenvalue weighted by atomic mass is 10.6. The Bertz CT molecular complexity index is 232. The standard InChI is InChI=1S/C8H15N3O/c1-7-6-12-8(10-7)9-4-5-11(2)3/h6H,4-5H2,1-3H3,(H,9,10). The molecule has 12 heavy (non-hydrogen) atoms. The summed E-state index contributed by atoms with van der Waals surface area (Å²) in [7, 11) is 4.06. The van der Waals surface area contributed by atoms with Gasteiger partial charge in [0.1, 0.15) is 6.26 Å². The fourth-order valence-corrected chi connectivity index (χ4v) is 0.822. The Kier molecular flexibility index (Phi) is 3.10. The molecular weight excluding hydrogens is 154 g/mol. The minimum Gasteiger partial charge on any atom is -0.432 e. The molecule has 0 bridgehead atoms. The number of aryl methyl sites for hydroxylation is 1. The molecule has 1 aromatic heterocycles. The summed E-state index contributed by atoms with van der Waals surface area (Å²) in [6, 6.07) is 0.606. The van der Waals surface area contributed by atoms with Gasteiger partial charge < -0.3 is 14.6 Å². The van der Waals surface area contributed by atoms with Crippen LogP contribution >= 0.6 is 0 Å². The van der Waals surface area contributed by atoms with Crippen molar-refractivity contribution in [2.75, 3.05) is 32.5 Å². The van der Waals surface area contributed by atoms with Crippen molar-refractivity contribution in [1.29, 1.82) is 0 Å². The van der Waals surface area contributed by atoms with E-state index in [9.17, 15) is 0 Å². The smallest absolute Gasteiger partial charge is 0.294 e. The van der Waals surface area contributed by atoms with Crippen LogP contribution in [-0.4, -0.2) is 37.1 Å². The molecule has 0 fully saturated rings. The van der Waals surface area contributed by atoms with Crippen molar-refractivity contribution in [3.05, 3.63) is 12.0 Å². The quantitative estimate of drug-likeness (QED) is 0.728. The summed E-state index contributed by atoms with van der Waals surface area (Å²) in [4.78, 5) is 6.21. The van der Waals surface area contributed by atoms with Crippen LogP contribution in [0.1, 0.15) is 5.69 Å². The summed E-state index contributed by atoms with van der Waals surface area (Å²) >= 11 is 0. The van der Waals surface area contributed by atoms with Gasteiger partial charge in [-0.1, -0.05) is 0 Å². The van der Waals surface area contributed by atoms with Gasteiger partial charge in [-0.2, -0.15) is 4.98 Å². The Labute approximate surface area is 72.6 Å². The molecule has 1 heterocycles. The van der Waals surface area contributed by atoms with Crippen LogP contribution < -0.4 is 5.32 Å². The maximum atomic E-state index is 5.11. The SMILES string of the molecule is Cc1coc(NCCN(C)C)n1. The Morgan fingerprint density at radius 3 is 2.83 bits per heavy atom. The van der Waals surface area contributed by atoms with E-state index in [2.05, 4.69) is 15.2 Å². The fraction of sp³-hybridized carbons (Fsp3) is 0.625. The van der Waals surface area contributed by atoms with Crippen LogP contribution in [0, 0.1) is 6.92 Å². The largest absolute Gasteiger partial charge is 0.432 e. The molecule has 4 heteroatoms. The van der Waals surface area contributed by atoms with E-state index >= 15 is 0 Å². The third-order valence-electron chi connectivity index (χ3n) is 1.45. The van der Waals surface area contributed by atoms with E-state index in [0.29, 0.717) is 6.01 Å². The van der Waals surface area contributed by atoms with Gasteiger partial charge in [-0.25, -0.2) is 0 Å². The topological polar surface area (TPSA) is 41.3 Å². The van der Waals surface area contributed by atoms with Crippen LogP contribution in [0.15, 0.2) is 10.7 Å². The van der Waals surface area contributed by atoms with Gasteiger partial charge in [-0.3, -0.25) is 0 Å². The van der Waals surface area contributed by atoms with Crippen LogP contribution in [-0.2, 0) is 0 Å². The number of hydrogen-bond acceptors (Lipinski definition) is 4. The number of hydrogen-bond donors (Lipinski definition) is 1. The van der Waals surface area contributed by atoms with Crippen molar-refractivity contribution in [3.63, 3.8) is 0 Å². The van der Waals surface area contributed by atoms with Crippen molar-refractivity contribution in [3.8, 4) is 0 Å². The first kappa shape index (κ1) is 9.06. The second-order valence-corrected chi connectivity index (χ2v) is 3.02. The van der Waals surface area contributed by atoms with Crippen LogP contribution in [0.3, 0.4) is 0 Å². The molecule has 1 aromatic rings. The first-order valence-electron chi connectivity index (χ1n) is 3.99. The van der Waals surface area contributed by atoms with Gasteiger partial charge in [0.25, 0.3) is 6.01 Å². The van der Waals surface area contributed by atoms with Crippen LogP contribution in [0.5, 0.6) is 0 Å². The summed E-state index contributed by atoms with van der Waals surface area (Å²) < 4.78 is 5.11. The zero-order valence-electron chi connectivity index (χ0n) is 7.79. The van der Waals surface area contributed by atoms with E-state index in [4.69, 9.17) is 4.42 Å². The molecule has 0 aliphatic carbocycles. The first-order valence-corrected chi connectivity index (χ1v) is 3.99. The van der Waals surface area contributed by atoms with E-state index in [1.54, 1.807) is 6.26 Å². The minimum absolute atomic E-state index is 0.606. The Hall–Kier alpha value is -1.03.